The summed E-state index contributed by atoms with van der Waals surface area (Å²) >= 11 is 0. The monoisotopic (exact) mass is 469 g/mol. The number of carbonyl (C=O) groups is 2. The second kappa shape index (κ2) is 10.1. The Morgan fingerprint density at radius 2 is 1.94 bits per heavy atom. The quantitative estimate of drug-likeness (QED) is 0.523. The van der Waals surface area contributed by atoms with Gasteiger partial charge < -0.3 is 9.64 Å². The zero-order chi connectivity index (χ0) is 24.2. The maximum Gasteiger partial charge on any atom is 0.416 e. The van der Waals surface area contributed by atoms with E-state index in [0.29, 0.717) is 12.4 Å². The lowest BCUT2D eigenvalue weighted by molar-refractivity contribution is -0.137. The second-order valence-corrected chi connectivity index (χ2v) is 7.41. The number of Topliss-reactive ketones (excluding diaryl/α,β-unsaturated/α-hetero) is 1. The van der Waals surface area contributed by atoms with Gasteiger partial charge in [0, 0.05) is 11.9 Å². The molecule has 0 N–H and O–H groups in total. The van der Waals surface area contributed by atoms with Crippen molar-refractivity contribution < 1.29 is 31.9 Å². The Morgan fingerprint density at radius 1 is 1.24 bits per heavy atom. The minimum absolute atomic E-state index is 0.0336. The molecule has 2 aromatic heterocycles. The van der Waals surface area contributed by atoms with Crippen LogP contribution < -0.4 is 9.64 Å². The highest BCUT2D eigenvalue weighted by Gasteiger charge is 2.43. The Kier molecular flexibility index (Phi) is 7.44. The second-order valence-electron chi connectivity index (χ2n) is 7.41. The SMILES string of the molecule is CCOc1cnc(N2C[C@H]([C@@H](F)CC)N(CC(=O)Cc3cc(C(F)(F)F)ccn3)C2=O)nc1. The normalized spacial score (nSPS) is 17.4. The summed E-state index contributed by atoms with van der Waals surface area (Å²) in [5.41, 5.74) is -1.01. The summed E-state index contributed by atoms with van der Waals surface area (Å²) in [4.78, 5) is 39.8. The fraction of sp³-hybridized carbons (Fsp3) is 0.476. The van der Waals surface area contributed by atoms with Crippen molar-refractivity contribution in [1.82, 2.24) is 19.9 Å². The molecular formula is C21H23F4N5O3. The molecule has 3 heterocycles. The molecule has 0 spiro atoms. The predicted octanol–water partition coefficient (Wildman–Crippen LogP) is 3.46. The average Bonchev–Trinajstić information content (AvgIpc) is 3.09. The van der Waals surface area contributed by atoms with Crippen molar-refractivity contribution in [2.45, 2.75) is 45.1 Å². The first-order valence-electron chi connectivity index (χ1n) is 10.3. The van der Waals surface area contributed by atoms with Crippen molar-refractivity contribution in [3.05, 3.63) is 42.0 Å². The van der Waals surface area contributed by atoms with Gasteiger partial charge in [-0.1, -0.05) is 6.92 Å². The van der Waals surface area contributed by atoms with Crippen molar-refractivity contribution in [2.75, 3.05) is 24.6 Å². The lowest BCUT2D eigenvalue weighted by Gasteiger charge is -2.24. The van der Waals surface area contributed by atoms with Crippen molar-refractivity contribution in [2.24, 2.45) is 0 Å². The summed E-state index contributed by atoms with van der Waals surface area (Å²) in [6.45, 7) is 3.26. The number of ether oxygens (including phenoxy) is 1. The number of nitrogens with zero attached hydrogens (tertiary/aromatic N) is 5. The number of halogens is 4. The van der Waals surface area contributed by atoms with Crippen LogP contribution in [0.1, 0.15) is 31.5 Å². The zero-order valence-electron chi connectivity index (χ0n) is 18.0. The molecule has 1 aliphatic heterocycles. The lowest BCUT2D eigenvalue weighted by Crippen LogP contribution is -2.43. The number of rotatable bonds is 9. The highest BCUT2D eigenvalue weighted by atomic mass is 19.4. The fourth-order valence-electron chi connectivity index (χ4n) is 3.48. The number of ketones is 1. The maximum atomic E-state index is 14.6. The summed E-state index contributed by atoms with van der Waals surface area (Å²) in [6.07, 6.45) is -2.58. The van der Waals surface area contributed by atoms with Crippen LogP contribution in [-0.2, 0) is 17.4 Å². The van der Waals surface area contributed by atoms with Gasteiger partial charge in [0.2, 0.25) is 5.95 Å². The fourth-order valence-corrected chi connectivity index (χ4v) is 3.48. The van der Waals surface area contributed by atoms with Crippen molar-refractivity contribution >= 4 is 17.8 Å². The first-order valence-corrected chi connectivity index (χ1v) is 10.3. The van der Waals surface area contributed by atoms with Gasteiger partial charge in [-0.05, 0) is 25.5 Å². The Balaban J connectivity index is 1.75. The van der Waals surface area contributed by atoms with Crippen LogP contribution in [0.3, 0.4) is 0 Å². The number of amides is 2. The topological polar surface area (TPSA) is 88.5 Å². The molecule has 2 aromatic rings. The van der Waals surface area contributed by atoms with Gasteiger partial charge in [0.25, 0.3) is 0 Å². The Hall–Kier alpha value is -3.31. The zero-order valence-corrected chi connectivity index (χ0v) is 18.0. The van der Waals surface area contributed by atoms with Gasteiger partial charge in [-0.15, -0.1) is 0 Å². The summed E-state index contributed by atoms with van der Waals surface area (Å²) < 4.78 is 58.6. The largest absolute Gasteiger partial charge is 0.491 e. The number of hydrogen-bond acceptors (Lipinski definition) is 6. The van der Waals surface area contributed by atoms with Gasteiger partial charge in [-0.2, -0.15) is 13.2 Å². The number of aromatic nitrogens is 3. The standard InChI is InChI=1S/C21H23F4N5O3/c1-3-17(22)18-12-30(19-27-9-16(10-28-19)33-4-2)20(32)29(18)11-15(31)8-14-7-13(5-6-26-14)21(23,24)25/h5-7,9-10,17-18H,3-4,8,11-12H2,1-2H3/t17-,18+/m0/s1. The first-order chi connectivity index (χ1) is 15.6. The van der Waals surface area contributed by atoms with E-state index in [1.165, 1.54) is 17.3 Å². The van der Waals surface area contributed by atoms with E-state index in [1.54, 1.807) is 13.8 Å². The van der Waals surface area contributed by atoms with Crippen LogP contribution in [0, 0.1) is 0 Å². The van der Waals surface area contributed by atoms with E-state index in [1.807, 2.05) is 0 Å². The Morgan fingerprint density at radius 3 is 2.55 bits per heavy atom. The third-order valence-corrected chi connectivity index (χ3v) is 5.09. The van der Waals surface area contributed by atoms with Gasteiger partial charge >= 0.3 is 12.2 Å². The van der Waals surface area contributed by atoms with E-state index in [2.05, 4.69) is 15.0 Å². The van der Waals surface area contributed by atoms with E-state index < -0.39 is 48.7 Å². The molecule has 12 heteroatoms. The summed E-state index contributed by atoms with van der Waals surface area (Å²) in [5, 5.41) is 0. The molecule has 0 radical (unpaired) electrons. The minimum Gasteiger partial charge on any atom is -0.491 e. The van der Waals surface area contributed by atoms with Gasteiger partial charge in [-0.25, -0.2) is 19.2 Å². The molecule has 2 amide bonds. The molecule has 1 saturated heterocycles. The Bertz CT molecular complexity index is 987. The van der Waals surface area contributed by atoms with E-state index in [-0.39, 0.29) is 24.6 Å². The number of urea groups is 1. The van der Waals surface area contributed by atoms with Gasteiger partial charge in [0.05, 0.1) is 50.1 Å². The summed E-state index contributed by atoms with van der Waals surface area (Å²) in [7, 11) is 0. The van der Waals surface area contributed by atoms with E-state index >= 15 is 0 Å². The van der Waals surface area contributed by atoms with Crippen LogP contribution in [0.15, 0.2) is 30.7 Å². The number of carbonyl (C=O) groups excluding carboxylic acids is 2. The highest BCUT2D eigenvalue weighted by Crippen LogP contribution is 2.29. The molecule has 178 valence electrons. The maximum absolute atomic E-state index is 14.6. The minimum atomic E-state index is -4.57. The van der Waals surface area contributed by atoms with Crippen LogP contribution in [0.4, 0.5) is 28.3 Å². The summed E-state index contributed by atoms with van der Waals surface area (Å²) in [5.74, 6) is -0.133. The molecule has 33 heavy (non-hydrogen) atoms. The molecule has 0 aromatic carbocycles. The van der Waals surface area contributed by atoms with E-state index in [9.17, 15) is 27.2 Å². The first kappa shape index (κ1) is 24.3. The number of anilines is 1. The molecule has 0 aliphatic carbocycles. The smallest absolute Gasteiger partial charge is 0.416 e. The molecule has 2 atom stereocenters. The van der Waals surface area contributed by atoms with Crippen molar-refractivity contribution in [1.29, 1.82) is 0 Å². The van der Waals surface area contributed by atoms with Crippen molar-refractivity contribution in [3.8, 4) is 5.75 Å². The summed E-state index contributed by atoms with van der Waals surface area (Å²) in [6, 6.07) is -0.00943. The third-order valence-electron chi connectivity index (χ3n) is 5.09. The van der Waals surface area contributed by atoms with Crippen LogP contribution >= 0.6 is 0 Å². The molecule has 3 rings (SSSR count). The molecule has 8 nitrogen and oxygen atoms in total. The predicted molar refractivity (Wildman–Crippen MR) is 110 cm³/mol. The molecule has 1 aliphatic rings. The Labute approximate surface area is 187 Å². The van der Waals surface area contributed by atoms with E-state index in [0.717, 1.165) is 23.2 Å². The third kappa shape index (κ3) is 5.74. The number of pyridine rings is 1. The lowest BCUT2D eigenvalue weighted by atomic mass is 10.1. The molecule has 1 fully saturated rings. The molecular weight excluding hydrogens is 446 g/mol. The highest BCUT2D eigenvalue weighted by molar-refractivity contribution is 5.96. The van der Waals surface area contributed by atoms with Gasteiger partial charge in [0.15, 0.2) is 11.5 Å². The molecule has 0 saturated carbocycles. The van der Waals surface area contributed by atoms with Gasteiger partial charge in [0.1, 0.15) is 6.17 Å². The van der Waals surface area contributed by atoms with Gasteiger partial charge in [-0.3, -0.25) is 14.7 Å². The number of alkyl halides is 4. The van der Waals surface area contributed by atoms with Crippen LogP contribution in [0.5, 0.6) is 5.75 Å². The average molecular weight is 469 g/mol. The van der Waals surface area contributed by atoms with Crippen LogP contribution in [0.25, 0.3) is 0 Å². The molecule has 0 unspecified atom stereocenters. The van der Waals surface area contributed by atoms with Crippen LogP contribution in [-0.4, -0.2) is 63.6 Å². The van der Waals surface area contributed by atoms with Crippen molar-refractivity contribution in [3.63, 3.8) is 0 Å². The molecule has 0 bridgehead atoms. The van der Waals surface area contributed by atoms with Crippen LogP contribution in [0.2, 0.25) is 0 Å². The van der Waals surface area contributed by atoms with E-state index in [4.69, 9.17) is 4.74 Å². The number of hydrogen-bond donors (Lipinski definition) is 0.